The van der Waals surface area contributed by atoms with E-state index in [1.807, 2.05) is 6.07 Å². The van der Waals surface area contributed by atoms with Crippen LogP contribution in [0.5, 0.6) is 0 Å². The summed E-state index contributed by atoms with van der Waals surface area (Å²) in [5.74, 6) is 1.84. The first kappa shape index (κ1) is 23.5. The molecule has 2 aliphatic heterocycles. The maximum atomic E-state index is 13.0. The van der Waals surface area contributed by atoms with Gasteiger partial charge in [-0.05, 0) is 74.6 Å². The number of hydrogen-bond acceptors (Lipinski definition) is 9. The number of aromatic amines is 1. The number of sulfonamides is 1. The molecule has 11 nitrogen and oxygen atoms in total. The van der Waals surface area contributed by atoms with E-state index in [1.54, 1.807) is 42.6 Å². The summed E-state index contributed by atoms with van der Waals surface area (Å²) in [5.41, 5.74) is 1.92. The average molecular weight is 520 g/mol. The summed E-state index contributed by atoms with van der Waals surface area (Å²) in [7, 11) is -3.76. The highest BCUT2D eigenvalue weighted by Crippen LogP contribution is 2.25. The van der Waals surface area contributed by atoms with Crippen LogP contribution in [0.4, 0.5) is 29.2 Å². The van der Waals surface area contributed by atoms with Gasteiger partial charge in [-0.25, -0.2) is 8.42 Å². The Balaban J connectivity index is 1.21. The van der Waals surface area contributed by atoms with Gasteiger partial charge in [0.15, 0.2) is 0 Å². The molecular weight excluding hydrogens is 490 g/mol. The van der Waals surface area contributed by atoms with E-state index in [1.165, 1.54) is 6.42 Å². The van der Waals surface area contributed by atoms with Gasteiger partial charge < -0.3 is 15.1 Å². The minimum Gasteiger partial charge on any atom is -0.341 e. The van der Waals surface area contributed by atoms with E-state index in [9.17, 15) is 8.42 Å². The molecule has 4 heterocycles. The smallest absolute Gasteiger partial charge is 0.261 e. The van der Waals surface area contributed by atoms with Crippen molar-refractivity contribution in [1.82, 2.24) is 25.1 Å². The third-order valence-electron chi connectivity index (χ3n) is 6.75. The Hall–Kier alpha value is -3.93. The van der Waals surface area contributed by atoms with Gasteiger partial charge in [-0.1, -0.05) is 0 Å². The molecule has 0 atom stereocenters. The maximum absolute atomic E-state index is 13.0. The Morgan fingerprint density at radius 1 is 0.757 bits per heavy atom. The van der Waals surface area contributed by atoms with E-state index in [0.29, 0.717) is 29.2 Å². The number of fused-ring (bicyclic) bond motifs is 1. The summed E-state index contributed by atoms with van der Waals surface area (Å²) in [6, 6.07) is 11.8. The molecule has 2 fully saturated rings. The van der Waals surface area contributed by atoms with Crippen LogP contribution >= 0.6 is 0 Å². The highest BCUT2D eigenvalue weighted by atomic mass is 32.2. The zero-order valence-electron chi connectivity index (χ0n) is 20.4. The van der Waals surface area contributed by atoms with Gasteiger partial charge in [-0.3, -0.25) is 9.82 Å². The zero-order valence-corrected chi connectivity index (χ0v) is 21.2. The van der Waals surface area contributed by atoms with Crippen molar-refractivity contribution in [3.8, 4) is 0 Å². The summed E-state index contributed by atoms with van der Waals surface area (Å²) < 4.78 is 28.5. The fourth-order valence-corrected chi connectivity index (χ4v) is 5.81. The molecule has 0 amide bonds. The number of aromatic nitrogens is 5. The third kappa shape index (κ3) is 5.15. The molecule has 0 bridgehead atoms. The summed E-state index contributed by atoms with van der Waals surface area (Å²) in [6.45, 7) is 3.76. The molecule has 2 aromatic carbocycles. The van der Waals surface area contributed by atoms with Gasteiger partial charge >= 0.3 is 0 Å². The quantitative estimate of drug-likeness (QED) is 0.333. The fraction of sp³-hybridized carbons (Fsp3) is 0.360. The number of anilines is 5. The van der Waals surface area contributed by atoms with E-state index in [-0.39, 0.29) is 4.90 Å². The molecule has 4 aromatic rings. The standard InChI is InChI=1S/C25H29N9O2S/c35-37(36,32-20-7-6-18-17-26-31-22(18)16-20)21-10-8-19(9-11-21)27-23-28-24(33-12-2-1-3-13-33)30-25(29-23)34-14-4-5-15-34/h6-11,16-17,32H,1-5,12-15H2,(H,26,31)(H,27,28,29,30). The number of nitrogens with zero attached hydrogens (tertiary/aromatic N) is 6. The Bertz CT molecular complexity index is 1490. The second kappa shape index (κ2) is 9.85. The predicted molar refractivity (Wildman–Crippen MR) is 144 cm³/mol. The van der Waals surface area contributed by atoms with Crippen molar-refractivity contribution in [3.05, 3.63) is 48.7 Å². The van der Waals surface area contributed by atoms with Crippen molar-refractivity contribution in [2.24, 2.45) is 0 Å². The number of nitrogens with one attached hydrogen (secondary N) is 3. The summed E-state index contributed by atoms with van der Waals surface area (Å²) in [6.07, 6.45) is 7.45. The molecule has 0 aliphatic carbocycles. The number of rotatable bonds is 7. The molecule has 2 saturated heterocycles. The lowest BCUT2D eigenvalue weighted by molar-refractivity contribution is 0.567. The van der Waals surface area contributed by atoms with Crippen LogP contribution in [-0.2, 0) is 10.0 Å². The summed E-state index contributed by atoms with van der Waals surface area (Å²) in [5, 5.41) is 11.0. The molecule has 37 heavy (non-hydrogen) atoms. The van der Waals surface area contributed by atoms with Gasteiger partial charge in [0.25, 0.3) is 10.0 Å². The molecule has 192 valence electrons. The van der Waals surface area contributed by atoms with Crippen LogP contribution in [0.3, 0.4) is 0 Å². The van der Waals surface area contributed by atoms with Crippen molar-refractivity contribution < 1.29 is 8.42 Å². The summed E-state index contributed by atoms with van der Waals surface area (Å²) >= 11 is 0. The van der Waals surface area contributed by atoms with Crippen LogP contribution in [0.25, 0.3) is 10.9 Å². The van der Waals surface area contributed by atoms with E-state index < -0.39 is 10.0 Å². The van der Waals surface area contributed by atoms with Crippen molar-refractivity contribution in [2.45, 2.75) is 37.0 Å². The molecular formula is C25H29N9O2S. The average Bonchev–Trinajstić information content (AvgIpc) is 3.62. The fourth-order valence-electron chi connectivity index (χ4n) is 4.76. The molecule has 2 aromatic heterocycles. The van der Waals surface area contributed by atoms with Crippen molar-refractivity contribution >= 4 is 50.1 Å². The maximum Gasteiger partial charge on any atom is 0.261 e. The van der Waals surface area contributed by atoms with E-state index in [4.69, 9.17) is 9.97 Å². The van der Waals surface area contributed by atoms with Crippen LogP contribution in [-0.4, -0.2) is 59.7 Å². The topological polar surface area (TPSA) is 132 Å². The SMILES string of the molecule is O=S(=O)(Nc1ccc2cn[nH]c2c1)c1ccc(Nc2nc(N3CCCCC3)nc(N3CCCC3)n2)cc1. The van der Waals surface area contributed by atoms with Crippen LogP contribution in [0.1, 0.15) is 32.1 Å². The third-order valence-corrected chi connectivity index (χ3v) is 8.15. The first-order chi connectivity index (χ1) is 18.0. The number of piperidine rings is 1. The second-order valence-electron chi connectivity index (χ2n) is 9.43. The Morgan fingerprint density at radius 3 is 2.05 bits per heavy atom. The van der Waals surface area contributed by atoms with Gasteiger partial charge in [0.2, 0.25) is 17.8 Å². The van der Waals surface area contributed by atoms with Crippen molar-refractivity contribution in [2.75, 3.05) is 46.0 Å². The van der Waals surface area contributed by atoms with Crippen LogP contribution in [0.15, 0.2) is 53.6 Å². The van der Waals surface area contributed by atoms with E-state index >= 15 is 0 Å². The predicted octanol–water partition coefficient (Wildman–Crippen LogP) is 3.88. The Morgan fingerprint density at radius 2 is 1.38 bits per heavy atom. The van der Waals surface area contributed by atoms with Crippen molar-refractivity contribution in [1.29, 1.82) is 0 Å². The van der Waals surface area contributed by atoms with Crippen molar-refractivity contribution in [3.63, 3.8) is 0 Å². The van der Waals surface area contributed by atoms with Gasteiger partial charge in [0.05, 0.1) is 22.3 Å². The van der Waals surface area contributed by atoms with Crippen LogP contribution < -0.4 is 19.8 Å². The monoisotopic (exact) mass is 519 g/mol. The Kier molecular flexibility index (Phi) is 6.25. The first-order valence-corrected chi connectivity index (χ1v) is 14.1. The molecule has 0 saturated carbocycles. The largest absolute Gasteiger partial charge is 0.341 e. The van der Waals surface area contributed by atoms with E-state index in [2.05, 4.69) is 35.0 Å². The minimum absolute atomic E-state index is 0.158. The van der Waals surface area contributed by atoms with Gasteiger partial charge in [0, 0.05) is 37.3 Å². The minimum atomic E-state index is -3.76. The lowest BCUT2D eigenvalue weighted by Crippen LogP contribution is -2.32. The first-order valence-electron chi connectivity index (χ1n) is 12.6. The lowest BCUT2D eigenvalue weighted by atomic mass is 10.1. The number of benzene rings is 2. The van der Waals surface area contributed by atoms with Gasteiger partial charge in [0.1, 0.15) is 0 Å². The number of H-pyrrole nitrogens is 1. The zero-order chi connectivity index (χ0) is 25.2. The molecule has 0 radical (unpaired) electrons. The Labute approximate surface area is 215 Å². The highest BCUT2D eigenvalue weighted by molar-refractivity contribution is 7.92. The second-order valence-corrected chi connectivity index (χ2v) is 11.1. The summed E-state index contributed by atoms with van der Waals surface area (Å²) in [4.78, 5) is 18.7. The van der Waals surface area contributed by atoms with Crippen LogP contribution in [0, 0.1) is 0 Å². The van der Waals surface area contributed by atoms with Gasteiger partial charge in [-0.15, -0.1) is 0 Å². The van der Waals surface area contributed by atoms with Crippen LogP contribution in [0.2, 0.25) is 0 Å². The molecule has 2 aliphatic rings. The highest BCUT2D eigenvalue weighted by Gasteiger charge is 2.21. The molecule has 3 N–H and O–H groups in total. The molecule has 0 spiro atoms. The molecule has 6 rings (SSSR count). The lowest BCUT2D eigenvalue weighted by Gasteiger charge is -2.27. The normalized spacial score (nSPS) is 16.3. The number of hydrogen-bond donors (Lipinski definition) is 3. The molecule has 12 heteroatoms. The van der Waals surface area contributed by atoms with E-state index in [0.717, 1.165) is 62.8 Å². The van der Waals surface area contributed by atoms with Gasteiger partial charge in [-0.2, -0.15) is 20.1 Å². The molecule has 0 unspecified atom stereocenters.